The molecular weight excluding hydrogens is 214 g/mol. The number of hydrogen-bond acceptors (Lipinski definition) is 3. The molecule has 0 radical (unpaired) electrons. The second-order valence-corrected chi connectivity index (χ2v) is 4.65. The molecule has 1 amide bonds. The van der Waals surface area contributed by atoms with Crippen LogP contribution in [0.15, 0.2) is 24.5 Å². The van der Waals surface area contributed by atoms with E-state index < -0.39 is 0 Å². The van der Waals surface area contributed by atoms with Crippen LogP contribution in [0.1, 0.15) is 25.3 Å². The van der Waals surface area contributed by atoms with Crippen molar-refractivity contribution in [3.05, 3.63) is 30.1 Å². The fourth-order valence-corrected chi connectivity index (χ4v) is 2.18. The van der Waals surface area contributed by atoms with E-state index in [1.165, 1.54) is 0 Å². The predicted octanol–water partition coefficient (Wildman–Crippen LogP) is 1.01. The molecule has 4 heteroatoms. The number of nitrogens with one attached hydrogen (secondary N) is 1. The number of pyridine rings is 1. The summed E-state index contributed by atoms with van der Waals surface area (Å²) in [7, 11) is 0. The van der Waals surface area contributed by atoms with E-state index in [-0.39, 0.29) is 11.8 Å². The zero-order valence-corrected chi connectivity index (χ0v) is 10.4. The Balaban J connectivity index is 2.04. The van der Waals surface area contributed by atoms with Crippen LogP contribution in [0.4, 0.5) is 0 Å². The Kier molecular flexibility index (Phi) is 3.74. The zero-order valence-electron chi connectivity index (χ0n) is 10.4. The molecular formula is C13H19N3O. The first kappa shape index (κ1) is 12.0. The Morgan fingerprint density at radius 2 is 2.47 bits per heavy atom. The highest BCUT2D eigenvalue weighted by atomic mass is 16.2. The SMILES string of the molecule is CC1CN(C(=O)C(C)c2cccnc2)CCN1. The highest BCUT2D eigenvalue weighted by Gasteiger charge is 2.25. The Morgan fingerprint density at radius 1 is 1.65 bits per heavy atom. The predicted molar refractivity (Wildman–Crippen MR) is 66.7 cm³/mol. The molecule has 1 aromatic rings. The molecule has 2 heterocycles. The average molecular weight is 233 g/mol. The van der Waals surface area contributed by atoms with Gasteiger partial charge in [0, 0.05) is 38.1 Å². The summed E-state index contributed by atoms with van der Waals surface area (Å²) in [4.78, 5) is 18.3. The fourth-order valence-electron chi connectivity index (χ4n) is 2.18. The quantitative estimate of drug-likeness (QED) is 0.829. The fraction of sp³-hybridized carbons (Fsp3) is 0.538. The van der Waals surface area contributed by atoms with Gasteiger partial charge in [0.2, 0.25) is 5.91 Å². The summed E-state index contributed by atoms with van der Waals surface area (Å²) < 4.78 is 0. The molecule has 2 rings (SSSR count). The minimum Gasteiger partial charge on any atom is -0.339 e. The second kappa shape index (κ2) is 5.27. The van der Waals surface area contributed by atoms with Crippen LogP contribution in [0.25, 0.3) is 0 Å². The first-order valence-electron chi connectivity index (χ1n) is 6.10. The lowest BCUT2D eigenvalue weighted by molar-refractivity contribution is -0.133. The highest BCUT2D eigenvalue weighted by Crippen LogP contribution is 2.17. The van der Waals surface area contributed by atoms with Gasteiger partial charge in [0.25, 0.3) is 0 Å². The van der Waals surface area contributed by atoms with Crippen LogP contribution in [0.3, 0.4) is 0 Å². The van der Waals surface area contributed by atoms with E-state index in [1.807, 2.05) is 24.0 Å². The maximum Gasteiger partial charge on any atom is 0.229 e. The maximum absolute atomic E-state index is 12.3. The average Bonchev–Trinajstić information content (AvgIpc) is 2.38. The number of aromatic nitrogens is 1. The van der Waals surface area contributed by atoms with Gasteiger partial charge in [0.15, 0.2) is 0 Å². The summed E-state index contributed by atoms with van der Waals surface area (Å²) >= 11 is 0. The van der Waals surface area contributed by atoms with E-state index in [9.17, 15) is 4.79 Å². The molecule has 0 aliphatic carbocycles. The van der Waals surface area contributed by atoms with E-state index in [0.717, 1.165) is 25.2 Å². The van der Waals surface area contributed by atoms with Crippen LogP contribution >= 0.6 is 0 Å². The van der Waals surface area contributed by atoms with Gasteiger partial charge in [-0.1, -0.05) is 6.07 Å². The second-order valence-electron chi connectivity index (χ2n) is 4.65. The van der Waals surface area contributed by atoms with Crippen LogP contribution in [0.2, 0.25) is 0 Å². The lowest BCUT2D eigenvalue weighted by Crippen LogP contribution is -2.52. The summed E-state index contributed by atoms with van der Waals surface area (Å²) in [6.45, 7) is 6.53. The smallest absolute Gasteiger partial charge is 0.229 e. The number of hydrogen-bond donors (Lipinski definition) is 1. The Hall–Kier alpha value is -1.42. The maximum atomic E-state index is 12.3. The van der Waals surface area contributed by atoms with Gasteiger partial charge in [-0.2, -0.15) is 0 Å². The minimum absolute atomic E-state index is 0.103. The molecule has 92 valence electrons. The van der Waals surface area contributed by atoms with Crippen molar-refractivity contribution in [2.24, 2.45) is 0 Å². The van der Waals surface area contributed by atoms with Crippen molar-refractivity contribution in [3.8, 4) is 0 Å². The van der Waals surface area contributed by atoms with Crippen LogP contribution < -0.4 is 5.32 Å². The van der Waals surface area contributed by atoms with Crippen molar-refractivity contribution >= 4 is 5.91 Å². The van der Waals surface area contributed by atoms with Gasteiger partial charge in [-0.3, -0.25) is 9.78 Å². The van der Waals surface area contributed by atoms with E-state index in [0.29, 0.717) is 6.04 Å². The molecule has 2 atom stereocenters. The van der Waals surface area contributed by atoms with Crippen molar-refractivity contribution < 1.29 is 4.79 Å². The third-order valence-electron chi connectivity index (χ3n) is 3.24. The Bertz CT molecular complexity index is 380. The highest BCUT2D eigenvalue weighted by molar-refractivity contribution is 5.83. The summed E-state index contributed by atoms with van der Waals surface area (Å²) in [5, 5.41) is 3.34. The van der Waals surface area contributed by atoms with Gasteiger partial charge in [-0.05, 0) is 25.5 Å². The number of carbonyl (C=O) groups is 1. The van der Waals surface area contributed by atoms with Crippen molar-refractivity contribution in [1.82, 2.24) is 15.2 Å². The van der Waals surface area contributed by atoms with Gasteiger partial charge in [-0.15, -0.1) is 0 Å². The van der Waals surface area contributed by atoms with Crippen LogP contribution in [-0.4, -0.2) is 41.5 Å². The first-order chi connectivity index (χ1) is 8.18. The molecule has 0 spiro atoms. The monoisotopic (exact) mass is 233 g/mol. The van der Waals surface area contributed by atoms with Crippen molar-refractivity contribution in [2.75, 3.05) is 19.6 Å². The lowest BCUT2D eigenvalue weighted by atomic mass is 10.0. The van der Waals surface area contributed by atoms with Crippen molar-refractivity contribution in [2.45, 2.75) is 25.8 Å². The number of nitrogens with zero attached hydrogens (tertiary/aromatic N) is 2. The molecule has 1 aromatic heterocycles. The number of piperazine rings is 1. The number of rotatable bonds is 2. The van der Waals surface area contributed by atoms with Crippen molar-refractivity contribution in [1.29, 1.82) is 0 Å². The largest absolute Gasteiger partial charge is 0.339 e. The molecule has 0 bridgehead atoms. The van der Waals surface area contributed by atoms with Gasteiger partial charge in [0.1, 0.15) is 0 Å². The molecule has 2 unspecified atom stereocenters. The third-order valence-corrected chi connectivity index (χ3v) is 3.24. The molecule has 1 saturated heterocycles. The summed E-state index contributed by atoms with van der Waals surface area (Å²) in [5.41, 5.74) is 0.990. The van der Waals surface area contributed by atoms with Gasteiger partial charge < -0.3 is 10.2 Å². The topological polar surface area (TPSA) is 45.2 Å². The van der Waals surface area contributed by atoms with E-state index in [1.54, 1.807) is 12.4 Å². The minimum atomic E-state index is -0.103. The molecule has 0 saturated carbocycles. The van der Waals surface area contributed by atoms with Crippen molar-refractivity contribution in [3.63, 3.8) is 0 Å². The summed E-state index contributed by atoms with van der Waals surface area (Å²) in [5.74, 6) is 0.0975. The number of carbonyl (C=O) groups excluding carboxylic acids is 1. The molecule has 1 N–H and O–H groups in total. The first-order valence-corrected chi connectivity index (χ1v) is 6.10. The Morgan fingerprint density at radius 3 is 3.12 bits per heavy atom. The molecule has 1 aliphatic rings. The van der Waals surface area contributed by atoms with E-state index in [4.69, 9.17) is 0 Å². The summed E-state index contributed by atoms with van der Waals surface area (Å²) in [6, 6.07) is 4.22. The molecule has 4 nitrogen and oxygen atoms in total. The summed E-state index contributed by atoms with van der Waals surface area (Å²) in [6.07, 6.45) is 3.50. The van der Waals surface area contributed by atoms with Crippen LogP contribution in [0.5, 0.6) is 0 Å². The van der Waals surface area contributed by atoms with Gasteiger partial charge in [0.05, 0.1) is 5.92 Å². The molecule has 17 heavy (non-hydrogen) atoms. The van der Waals surface area contributed by atoms with Gasteiger partial charge in [-0.25, -0.2) is 0 Å². The third kappa shape index (κ3) is 2.82. The normalized spacial score (nSPS) is 22.2. The Labute approximate surface area is 102 Å². The van der Waals surface area contributed by atoms with E-state index in [2.05, 4.69) is 17.2 Å². The standard InChI is InChI=1S/C13H19N3O/c1-10-9-16(7-6-15-10)13(17)11(2)12-4-3-5-14-8-12/h3-5,8,10-11,15H,6-7,9H2,1-2H3. The molecule has 0 aromatic carbocycles. The lowest BCUT2D eigenvalue weighted by Gasteiger charge is -2.33. The molecule has 1 fully saturated rings. The number of amides is 1. The van der Waals surface area contributed by atoms with Gasteiger partial charge >= 0.3 is 0 Å². The van der Waals surface area contributed by atoms with E-state index >= 15 is 0 Å². The van der Waals surface area contributed by atoms with Crippen LogP contribution in [-0.2, 0) is 4.79 Å². The molecule has 1 aliphatic heterocycles. The zero-order chi connectivity index (χ0) is 12.3. The van der Waals surface area contributed by atoms with Crippen LogP contribution in [0, 0.1) is 0 Å².